The molecule has 1 saturated carbocycles. The topological polar surface area (TPSA) is 92.8 Å². The van der Waals surface area contributed by atoms with Crippen LogP contribution < -0.4 is 10.2 Å². The third-order valence-electron chi connectivity index (χ3n) is 6.26. The van der Waals surface area contributed by atoms with Crippen molar-refractivity contribution in [2.45, 2.75) is 36.9 Å². The maximum atomic E-state index is 13.0. The Balaban J connectivity index is 1.42. The van der Waals surface area contributed by atoms with E-state index in [4.69, 9.17) is 27.9 Å². The average Bonchev–Trinajstić information content (AvgIpc) is 3.07. The van der Waals surface area contributed by atoms with Crippen LogP contribution in [0, 0.1) is 11.8 Å². The summed E-state index contributed by atoms with van der Waals surface area (Å²) in [6, 6.07) is 13.4. The first-order valence-electron chi connectivity index (χ1n) is 11.1. The van der Waals surface area contributed by atoms with E-state index in [2.05, 4.69) is 5.32 Å². The molecule has 2 fully saturated rings. The van der Waals surface area contributed by atoms with Crippen LogP contribution >= 0.6 is 23.2 Å². The highest BCUT2D eigenvalue weighted by atomic mass is 35.5. The number of rotatable bonds is 6. The Morgan fingerprint density at radius 2 is 1.65 bits per heavy atom. The third kappa shape index (κ3) is 4.81. The number of hydrogen-bond donors (Lipinski definition) is 1. The number of esters is 1. The fourth-order valence-corrected chi connectivity index (χ4v) is 5.06. The zero-order valence-corrected chi connectivity index (χ0v) is 20.0. The van der Waals surface area contributed by atoms with Crippen molar-refractivity contribution in [2.75, 3.05) is 16.8 Å². The molecule has 3 amide bonds. The Kier molecular flexibility index (Phi) is 7.24. The van der Waals surface area contributed by atoms with Crippen LogP contribution in [0.2, 0.25) is 0 Å². The summed E-state index contributed by atoms with van der Waals surface area (Å²) >= 11 is 12.5. The maximum Gasteiger partial charge on any atom is 0.338 e. The second-order valence-electron chi connectivity index (χ2n) is 8.41. The first-order valence-corrected chi connectivity index (χ1v) is 12.0. The van der Waals surface area contributed by atoms with E-state index < -0.39 is 30.3 Å². The molecule has 1 N–H and O–H groups in total. The van der Waals surface area contributed by atoms with Crippen molar-refractivity contribution in [1.82, 2.24) is 0 Å². The lowest BCUT2D eigenvalue weighted by Gasteiger charge is -2.28. The van der Waals surface area contributed by atoms with Crippen LogP contribution in [0.15, 0.2) is 48.5 Å². The van der Waals surface area contributed by atoms with E-state index in [-0.39, 0.29) is 33.8 Å². The fraction of sp³-hybridized carbons (Fsp3) is 0.360. The number of alkyl halides is 2. The van der Waals surface area contributed by atoms with Crippen LogP contribution in [0.1, 0.15) is 35.7 Å². The van der Waals surface area contributed by atoms with Gasteiger partial charge in [0, 0.05) is 5.69 Å². The smallest absolute Gasteiger partial charge is 0.338 e. The highest BCUT2D eigenvalue weighted by Crippen LogP contribution is 2.43. The number of amides is 3. The number of para-hydroxylation sites is 1. The summed E-state index contributed by atoms with van der Waals surface area (Å²) in [6.07, 6.45) is 1.41. The number of nitrogens with one attached hydrogen (secondary N) is 1. The molecule has 4 atom stereocenters. The monoisotopic (exact) mass is 502 g/mol. The van der Waals surface area contributed by atoms with Gasteiger partial charge in [-0.3, -0.25) is 19.3 Å². The van der Waals surface area contributed by atoms with Crippen molar-refractivity contribution in [3.8, 4) is 0 Å². The van der Waals surface area contributed by atoms with Gasteiger partial charge in [0.2, 0.25) is 11.8 Å². The standard InChI is InChI=1S/C25H24Cl2N2O5/c1-2-14-6-3-4-9-21(14)28-22(30)13-34-25(33)15-7-5-8-16(10-15)29-23(31)17-11-19(26)20(27)12-18(17)24(29)32/h3-10,17-20H,2,11-13H2,1H3,(H,28,30)/t17-,18-,19-,20+/m1/s1. The van der Waals surface area contributed by atoms with Gasteiger partial charge in [0.05, 0.1) is 33.8 Å². The van der Waals surface area contributed by atoms with E-state index in [1.165, 1.54) is 12.1 Å². The second-order valence-corrected chi connectivity index (χ2v) is 9.53. The summed E-state index contributed by atoms with van der Waals surface area (Å²) in [6.45, 7) is 1.51. The van der Waals surface area contributed by atoms with Crippen LogP contribution in [0.25, 0.3) is 0 Å². The largest absolute Gasteiger partial charge is 0.452 e. The molecule has 1 aliphatic carbocycles. The van der Waals surface area contributed by atoms with E-state index in [1.54, 1.807) is 18.2 Å². The summed E-state index contributed by atoms with van der Waals surface area (Å²) in [5.41, 5.74) is 2.04. The van der Waals surface area contributed by atoms with Gasteiger partial charge in [0.25, 0.3) is 5.91 Å². The molecule has 0 aromatic heterocycles. The van der Waals surface area contributed by atoms with Crippen LogP contribution in [-0.2, 0) is 25.5 Å². The molecule has 0 bridgehead atoms. The van der Waals surface area contributed by atoms with Gasteiger partial charge in [-0.1, -0.05) is 31.2 Å². The number of nitrogens with zero attached hydrogens (tertiary/aromatic N) is 1. The van der Waals surface area contributed by atoms with Crippen molar-refractivity contribution in [2.24, 2.45) is 11.8 Å². The first-order chi connectivity index (χ1) is 16.3. The lowest BCUT2D eigenvalue weighted by atomic mass is 9.80. The van der Waals surface area contributed by atoms with E-state index >= 15 is 0 Å². The van der Waals surface area contributed by atoms with Crippen molar-refractivity contribution >= 4 is 58.3 Å². The van der Waals surface area contributed by atoms with Crippen LogP contribution in [-0.4, -0.2) is 41.1 Å². The molecule has 4 rings (SSSR count). The molecule has 2 aromatic rings. The number of fused-ring (bicyclic) bond motifs is 1. The first kappa shape index (κ1) is 24.2. The van der Waals surface area contributed by atoms with Gasteiger partial charge in [-0.25, -0.2) is 4.79 Å². The van der Waals surface area contributed by atoms with E-state index in [0.717, 1.165) is 16.9 Å². The lowest BCUT2D eigenvalue weighted by Crippen LogP contribution is -2.34. The number of aryl methyl sites for hydroxylation is 1. The molecule has 2 aromatic carbocycles. The van der Waals surface area contributed by atoms with E-state index in [1.807, 2.05) is 25.1 Å². The molecule has 0 unspecified atom stereocenters. The number of carbonyl (C=O) groups is 4. The van der Waals surface area contributed by atoms with E-state index in [0.29, 0.717) is 18.5 Å². The minimum atomic E-state index is -0.737. The van der Waals surface area contributed by atoms with E-state index in [9.17, 15) is 19.2 Å². The third-order valence-corrected chi connectivity index (χ3v) is 7.35. The van der Waals surface area contributed by atoms with Gasteiger partial charge in [0.1, 0.15) is 0 Å². The van der Waals surface area contributed by atoms with Crippen molar-refractivity contribution < 1.29 is 23.9 Å². The Labute approximate surface area is 207 Å². The summed E-state index contributed by atoms with van der Waals surface area (Å²) in [5.74, 6) is -2.93. The molecule has 0 radical (unpaired) electrons. The van der Waals surface area contributed by atoms with Gasteiger partial charge in [-0.2, -0.15) is 0 Å². The Hall–Kier alpha value is -2.90. The van der Waals surface area contributed by atoms with Crippen LogP contribution in [0.4, 0.5) is 11.4 Å². The van der Waals surface area contributed by atoms with Gasteiger partial charge >= 0.3 is 5.97 Å². The highest BCUT2D eigenvalue weighted by Gasteiger charge is 2.52. The number of anilines is 2. The van der Waals surface area contributed by atoms with Crippen LogP contribution in [0.3, 0.4) is 0 Å². The number of ether oxygens (including phenoxy) is 1. The molecular formula is C25H24Cl2N2O5. The van der Waals surface area contributed by atoms with Gasteiger partial charge in [-0.15, -0.1) is 23.2 Å². The average molecular weight is 503 g/mol. The normalized spacial score (nSPS) is 24.0. The Morgan fingerprint density at radius 3 is 2.29 bits per heavy atom. The predicted octanol–water partition coefficient (Wildman–Crippen LogP) is 4.16. The summed E-state index contributed by atoms with van der Waals surface area (Å²) in [7, 11) is 0. The van der Waals surface area contributed by atoms with Gasteiger partial charge in [-0.05, 0) is 49.1 Å². The zero-order valence-electron chi connectivity index (χ0n) is 18.5. The fourth-order valence-electron chi connectivity index (χ4n) is 4.47. The zero-order chi connectivity index (χ0) is 24.4. The molecule has 1 saturated heterocycles. The Bertz CT molecular complexity index is 1110. The summed E-state index contributed by atoms with van der Waals surface area (Å²) in [5, 5.41) is 1.98. The summed E-state index contributed by atoms with van der Waals surface area (Å²) in [4.78, 5) is 51.8. The highest BCUT2D eigenvalue weighted by molar-refractivity contribution is 6.31. The minimum Gasteiger partial charge on any atom is -0.452 e. The molecular weight excluding hydrogens is 479 g/mol. The predicted molar refractivity (Wildman–Crippen MR) is 129 cm³/mol. The number of imide groups is 1. The number of carbonyl (C=O) groups excluding carboxylic acids is 4. The Morgan fingerprint density at radius 1 is 1.00 bits per heavy atom. The molecule has 1 aliphatic heterocycles. The molecule has 7 nitrogen and oxygen atoms in total. The van der Waals surface area contributed by atoms with Crippen molar-refractivity contribution in [1.29, 1.82) is 0 Å². The molecule has 178 valence electrons. The quantitative estimate of drug-likeness (QED) is 0.363. The van der Waals surface area contributed by atoms with Crippen molar-refractivity contribution in [3.05, 3.63) is 59.7 Å². The number of halogens is 2. The van der Waals surface area contributed by atoms with Gasteiger partial charge in [0.15, 0.2) is 6.61 Å². The van der Waals surface area contributed by atoms with Gasteiger partial charge < -0.3 is 10.1 Å². The van der Waals surface area contributed by atoms with Crippen LogP contribution in [0.5, 0.6) is 0 Å². The number of benzene rings is 2. The summed E-state index contributed by atoms with van der Waals surface area (Å²) < 4.78 is 5.16. The maximum absolute atomic E-state index is 13.0. The number of hydrogen-bond acceptors (Lipinski definition) is 5. The molecule has 1 heterocycles. The second kappa shape index (κ2) is 10.2. The molecule has 0 spiro atoms. The molecule has 2 aliphatic rings. The molecule has 9 heteroatoms. The lowest BCUT2D eigenvalue weighted by molar-refractivity contribution is -0.122. The SMILES string of the molecule is CCc1ccccc1NC(=O)COC(=O)c1cccc(N2C(=O)[C@@H]3C[C@@H](Cl)[C@@H](Cl)C[C@H]3C2=O)c1. The molecule has 34 heavy (non-hydrogen) atoms. The minimum absolute atomic E-state index is 0.125. The van der Waals surface area contributed by atoms with Crippen molar-refractivity contribution in [3.63, 3.8) is 0 Å².